The maximum Gasteiger partial charge on any atom is 0.305 e. The van der Waals surface area contributed by atoms with Gasteiger partial charge >= 0.3 is 5.97 Å². The predicted octanol–water partition coefficient (Wildman–Crippen LogP) is 0.0200. The number of hydrazine groups is 1. The van der Waals surface area contributed by atoms with Crippen LogP contribution in [0.4, 0.5) is 0 Å². The first-order valence-corrected chi connectivity index (χ1v) is 11.5. The molecule has 2 fully saturated rings. The quantitative estimate of drug-likeness (QED) is 0.452. The molecule has 4 rings (SSSR count). The third-order valence-corrected chi connectivity index (χ3v) is 6.22. The van der Waals surface area contributed by atoms with Gasteiger partial charge < -0.3 is 20.5 Å². The normalized spacial score (nSPS) is 20.8. The highest BCUT2D eigenvalue weighted by molar-refractivity contribution is 6.01. The Bertz CT molecular complexity index is 1230. The summed E-state index contributed by atoms with van der Waals surface area (Å²) in [5, 5.41) is 17.0. The van der Waals surface area contributed by atoms with Gasteiger partial charge in [-0.2, -0.15) is 0 Å². The summed E-state index contributed by atoms with van der Waals surface area (Å²) in [5.41, 5.74) is 1.02. The number of fused-ring (bicyclic) bond motifs is 2. The minimum atomic E-state index is -1.28. The summed E-state index contributed by atoms with van der Waals surface area (Å²) < 4.78 is 0. The monoisotopic (exact) mass is 495 g/mol. The van der Waals surface area contributed by atoms with Crippen molar-refractivity contribution >= 4 is 46.8 Å². The smallest absolute Gasteiger partial charge is 0.305 e. The van der Waals surface area contributed by atoms with E-state index in [0.717, 1.165) is 10.4 Å². The molecule has 2 aliphatic rings. The number of aromatic nitrogens is 1. The summed E-state index contributed by atoms with van der Waals surface area (Å²) in [6.07, 6.45) is 2.01. The van der Waals surface area contributed by atoms with Crippen LogP contribution in [0.15, 0.2) is 36.5 Å². The number of nitrogens with zero attached hydrogens (tertiary/aromatic N) is 3. The second-order valence-corrected chi connectivity index (χ2v) is 8.68. The molecule has 3 N–H and O–H groups in total. The van der Waals surface area contributed by atoms with E-state index < -0.39 is 48.2 Å². The van der Waals surface area contributed by atoms with Gasteiger partial charge in [-0.05, 0) is 43.5 Å². The molecule has 36 heavy (non-hydrogen) atoms. The summed E-state index contributed by atoms with van der Waals surface area (Å²) >= 11 is 0. The number of carbonyl (C=O) groups is 6. The van der Waals surface area contributed by atoms with Crippen LogP contribution in [0.25, 0.3) is 10.9 Å². The Balaban J connectivity index is 1.54. The molecule has 12 nitrogen and oxygen atoms in total. The van der Waals surface area contributed by atoms with Crippen LogP contribution in [-0.4, -0.2) is 80.7 Å². The van der Waals surface area contributed by atoms with Gasteiger partial charge in [0.05, 0.1) is 18.0 Å². The van der Waals surface area contributed by atoms with Crippen LogP contribution in [0.1, 0.15) is 42.5 Å². The number of aliphatic carboxylic acids is 1. The van der Waals surface area contributed by atoms with Gasteiger partial charge in [0.25, 0.3) is 11.8 Å². The maximum absolute atomic E-state index is 13.5. The highest BCUT2D eigenvalue weighted by Crippen LogP contribution is 2.25. The van der Waals surface area contributed by atoms with Crippen molar-refractivity contribution in [2.45, 2.75) is 50.2 Å². The minimum Gasteiger partial charge on any atom is -0.481 e. The van der Waals surface area contributed by atoms with E-state index in [1.165, 1.54) is 5.01 Å². The van der Waals surface area contributed by atoms with Crippen LogP contribution in [0.5, 0.6) is 0 Å². The molecule has 0 unspecified atom stereocenters. The summed E-state index contributed by atoms with van der Waals surface area (Å²) in [4.78, 5) is 78.6. The van der Waals surface area contributed by atoms with E-state index in [-0.39, 0.29) is 31.7 Å². The standard InChI is InChI=1S/C24H25N5O7/c30-13-16(12-21(32)33)26-23(35)19-4-2-10-28-20(31)8-7-18(24(36)29(19)28)27-22(34)15-5-6-17-14(11-15)3-1-9-25-17/h1,3,5-6,9,11,13,16,18-19H,2,4,7-8,10,12H2,(H,26,35)(H,27,34)(H,32,33)/t16-,18-,19-/m0/s1. The number of pyridine rings is 1. The Morgan fingerprint density at radius 2 is 2.00 bits per heavy atom. The van der Waals surface area contributed by atoms with Gasteiger partial charge in [0, 0.05) is 30.1 Å². The molecular weight excluding hydrogens is 470 g/mol. The molecule has 1 aromatic heterocycles. The Hall–Kier alpha value is -4.35. The third-order valence-electron chi connectivity index (χ3n) is 6.22. The lowest BCUT2D eigenvalue weighted by Crippen LogP contribution is -2.64. The lowest BCUT2D eigenvalue weighted by Gasteiger charge is -2.43. The van der Waals surface area contributed by atoms with Crippen molar-refractivity contribution in [1.29, 1.82) is 0 Å². The van der Waals surface area contributed by atoms with Gasteiger partial charge in [-0.15, -0.1) is 0 Å². The van der Waals surface area contributed by atoms with Crippen molar-refractivity contribution in [2.24, 2.45) is 0 Å². The molecule has 0 bridgehead atoms. The molecule has 3 heterocycles. The van der Waals surface area contributed by atoms with Crippen LogP contribution >= 0.6 is 0 Å². The molecular formula is C24H25N5O7. The summed E-state index contributed by atoms with van der Waals surface area (Å²) in [6.45, 7) is 0.221. The SMILES string of the molecule is O=C[C@H](CC(=O)O)NC(=O)[C@@H]1CCCN2C(=O)CC[C@H](NC(=O)c3ccc4ncccc4c3)C(=O)N12. The van der Waals surface area contributed by atoms with E-state index in [9.17, 15) is 28.8 Å². The fraction of sp³-hybridized carbons (Fsp3) is 0.375. The summed E-state index contributed by atoms with van der Waals surface area (Å²) in [6, 6.07) is 5.00. The Kier molecular flexibility index (Phi) is 7.23. The number of rotatable bonds is 7. The highest BCUT2D eigenvalue weighted by atomic mass is 16.4. The maximum atomic E-state index is 13.5. The molecule has 0 spiro atoms. The second-order valence-electron chi connectivity index (χ2n) is 8.68. The number of hydrogen-bond acceptors (Lipinski definition) is 7. The summed E-state index contributed by atoms with van der Waals surface area (Å²) in [5.74, 6) is -3.52. The van der Waals surface area contributed by atoms with Crippen LogP contribution in [0.3, 0.4) is 0 Å². The van der Waals surface area contributed by atoms with Gasteiger partial charge in [-0.25, -0.2) is 5.01 Å². The number of carbonyl (C=O) groups excluding carboxylic acids is 5. The van der Waals surface area contributed by atoms with E-state index in [0.29, 0.717) is 23.8 Å². The molecule has 188 valence electrons. The second kappa shape index (κ2) is 10.5. The number of amides is 4. The topological polar surface area (TPSA) is 166 Å². The van der Waals surface area contributed by atoms with Crippen molar-refractivity contribution < 1.29 is 33.9 Å². The van der Waals surface area contributed by atoms with Gasteiger partial charge in [-0.3, -0.25) is 34.0 Å². The Morgan fingerprint density at radius 3 is 2.75 bits per heavy atom. The zero-order valence-electron chi connectivity index (χ0n) is 19.3. The number of hydrogen-bond donors (Lipinski definition) is 3. The first-order chi connectivity index (χ1) is 17.3. The average molecular weight is 495 g/mol. The number of benzene rings is 1. The first kappa shape index (κ1) is 24.8. The molecule has 0 aliphatic carbocycles. The molecule has 2 saturated heterocycles. The lowest BCUT2D eigenvalue weighted by atomic mass is 10.0. The fourth-order valence-corrected chi connectivity index (χ4v) is 4.46. The molecule has 2 aromatic rings. The van der Waals surface area contributed by atoms with E-state index in [2.05, 4.69) is 15.6 Å². The van der Waals surface area contributed by atoms with E-state index in [1.54, 1.807) is 36.5 Å². The lowest BCUT2D eigenvalue weighted by molar-refractivity contribution is -0.176. The van der Waals surface area contributed by atoms with E-state index >= 15 is 0 Å². The minimum absolute atomic E-state index is 0.0147. The largest absolute Gasteiger partial charge is 0.481 e. The zero-order valence-corrected chi connectivity index (χ0v) is 19.3. The van der Waals surface area contributed by atoms with Crippen LogP contribution in [0, 0.1) is 0 Å². The number of nitrogens with one attached hydrogen (secondary N) is 2. The number of carboxylic acid groups (broad SMARTS) is 1. The number of carboxylic acids is 1. The van der Waals surface area contributed by atoms with Gasteiger partial charge in [0.1, 0.15) is 18.4 Å². The van der Waals surface area contributed by atoms with Crippen molar-refractivity contribution in [3.63, 3.8) is 0 Å². The number of aldehydes is 1. The molecule has 0 saturated carbocycles. The molecule has 3 atom stereocenters. The first-order valence-electron chi connectivity index (χ1n) is 11.5. The summed E-state index contributed by atoms with van der Waals surface area (Å²) in [7, 11) is 0. The Labute approximate surface area is 205 Å². The molecule has 1 aromatic carbocycles. The third kappa shape index (κ3) is 5.16. The van der Waals surface area contributed by atoms with Crippen molar-refractivity contribution in [1.82, 2.24) is 25.6 Å². The van der Waals surface area contributed by atoms with E-state index in [1.807, 2.05) is 0 Å². The van der Waals surface area contributed by atoms with Gasteiger partial charge in [0.15, 0.2) is 0 Å². The van der Waals surface area contributed by atoms with Crippen LogP contribution < -0.4 is 10.6 Å². The van der Waals surface area contributed by atoms with Crippen molar-refractivity contribution in [3.8, 4) is 0 Å². The zero-order chi connectivity index (χ0) is 25.8. The van der Waals surface area contributed by atoms with Crippen LogP contribution in [0.2, 0.25) is 0 Å². The van der Waals surface area contributed by atoms with Crippen LogP contribution in [-0.2, 0) is 24.0 Å². The Morgan fingerprint density at radius 1 is 1.19 bits per heavy atom. The van der Waals surface area contributed by atoms with Gasteiger partial charge in [-0.1, -0.05) is 6.07 Å². The molecule has 0 radical (unpaired) electrons. The molecule has 12 heteroatoms. The van der Waals surface area contributed by atoms with Crippen molar-refractivity contribution in [3.05, 3.63) is 42.1 Å². The highest BCUT2D eigenvalue weighted by Gasteiger charge is 2.45. The van der Waals surface area contributed by atoms with Gasteiger partial charge in [0.2, 0.25) is 11.8 Å². The molecule has 2 aliphatic heterocycles. The molecule has 4 amide bonds. The average Bonchev–Trinajstić information content (AvgIpc) is 2.99. The van der Waals surface area contributed by atoms with Crippen molar-refractivity contribution in [2.75, 3.05) is 6.54 Å². The fourth-order valence-electron chi connectivity index (χ4n) is 4.46. The predicted molar refractivity (Wildman–Crippen MR) is 124 cm³/mol. The van der Waals surface area contributed by atoms with E-state index in [4.69, 9.17) is 5.11 Å².